The van der Waals surface area contributed by atoms with Gasteiger partial charge in [0.2, 0.25) is 0 Å². The molecule has 0 aliphatic heterocycles. The summed E-state index contributed by atoms with van der Waals surface area (Å²) in [5.74, 6) is -0.941. The van der Waals surface area contributed by atoms with Crippen molar-refractivity contribution in [3.63, 3.8) is 0 Å². The molecule has 0 aliphatic rings. The standard InChI is InChI=1S/C14H15NO4/c1-9-4-5-11-10(7-9)8-12(19-11)14(18)15-6-2-3-13(16)17/h4-5,7-8H,2-3,6H2,1H3,(H,15,18)(H,16,17). The number of carboxylic acids is 1. The maximum atomic E-state index is 11.8. The van der Waals surface area contributed by atoms with E-state index in [1.165, 1.54) is 0 Å². The van der Waals surface area contributed by atoms with Gasteiger partial charge in [-0.1, -0.05) is 11.6 Å². The molecule has 5 nitrogen and oxygen atoms in total. The maximum Gasteiger partial charge on any atom is 0.303 e. The van der Waals surface area contributed by atoms with Gasteiger partial charge in [0, 0.05) is 18.4 Å². The van der Waals surface area contributed by atoms with Gasteiger partial charge in [-0.3, -0.25) is 9.59 Å². The van der Waals surface area contributed by atoms with Crippen LogP contribution in [-0.4, -0.2) is 23.5 Å². The lowest BCUT2D eigenvalue weighted by Gasteiger charge is -2.00. The van der Waals surface area contributed by atoms with Gasteiger partial charge in [-0.05, 0) is 31.5 Å². The molecule has 0 radical (unpaired) electrons. The van der Waals surface area contributed by atoms with Crippen LogP contribution < -0.4 is 5.32 Å². The van der Waals surface area contributed by atoms with Gasteiger partial charge < -0.3 is 14.8 Å². The number of benzene rings is 1. The van der Waals surface area contributed by atoms with Crippen molar-refractivity contribution in [2.45, 2.75) is 19.8 Å². The second-order valence-electron chi connectivity index (χ2n) is 4.41. The fourth-order valence-electron chi connectivity index (χ4n) is 1.80. The predicted octanol–water partition coefficient (Wildman–Crippen LogP) is 2.34. The number of carboxylic acid groups (broad SMARTS) is 1. The minimum absolute atomic E-state index is 0.0413. The van der Waals surface area contributed by atoms with E-state index >= 15 is 0 Å². The minimum atomic E-state index is -0.867. The first-order chi connectivity index (χ1) is 9.06. The van der Waals surface area contributed by atoms with E-state index in [0.29, 0.717) is 18.5 Å². The molecule has 2 N–H and O–H groups in total. The van der Waals surface area contributed by atoms with Crippen LogP contribution in [0, 0.1) is 6.92 Å². The van der Waals surface area contributed by atoms with Crippen molar-refractivity contribution in [3.8, 4) is 0 Å². The van der Waals surface area contributed by atoms with E-state index in [9.17, 15) is 9.59 Å². The minimum Gasteiger partial charge on any atom is -0.481 e. The number of fused-ring (bicyclic) bond motifs is 1. The fraction of sp³-hybridized carbons (Fsp3) is 0.286. The van der Waals surface area contributed by atoms with Gasteiger partial charge in [-0.15, -0.1) is 0 Å². The molecule has 5 heteroatoms. The highest BCUT2D eigenvalue weighted by atomic mass is 16.4. The summed E-state index contributed by atoms with van der Waals surface area (Å²) in [4.78, 5) is 22.1. The van der Waals surface area contributed by atoms with Crippen molar-refractivity contribution >= 4 is 22.8 Å². The Morgan fingerprint density at radius 3 is 2.84 bits per heavy atom. The van der Waals surface area contributed by atoms with Crippen molar-refractivity contribution in [2.75, 3.05) is 6.54 Å². The lowest BCUT2D eigenvalue weighted by molar-refractivity contribution is -0.137. The summed E-state index contributed by atoms with van der Waals surface area (Å²) in [6.45, 7) is 2.29. The third-order valence-electron chi connectivity index (χ3n) is 2.75. The third kappa shape index (κ3) is 3.34. The van der Waals surface area contributed by atoms with Gasteiger partial charge in [-0.25, -0.2) is 0 Å². The van der Waals surface area contributed by atoms with Crippen LogP contribution in [0.5, 0.6) is 0 Å². The number of hydrogen-bond acceptors (Lipinski definition) is 3. The molecule has 100 valence electrons. The molecule has 19 heavy (non-hydrogen) atoms. The molecule has 0 aliphatic carbocycles. The van der Waals surface area contributed by atoms with E-state index in [1.54, 1.807) is 6.07 Å². The van der Waals surface area contributed by atoms with Gasteiger partial charge in [0.15, 0.2) is 5.76 Å². The summed E-state index contributed by atoms with van der Waals surface area (Å²) in [6.07, 6.45) is 0.444. The van der Waals surface area contributed by atoms with E-state index in [1.807, 2.05) is 25.1 Å². The van der Waals surface area contributed by atoms with Gasteiger partial charge in [0.05, 0.1) is 0 Å². The smallest absolute Gasteiger partial charge is 0.303 e. The number of carbonyl (C=O) groups is 2. The van der Waals surface area contributed by atoms with Crippen molar-refractivity contribution in [3.05, 3.63) is 35.6 Å². The largest absolute Gasteiger partial charge is 0.481 e. The Hall–Kier alpha value is -2.30. The van der Waals surface area contributed by atoms with Crippen LogP contribution in [0.4, 0.5) is 0 Å². The SMILES string of the molecule is Cc1ccc2oc(C(=O)NCCCC(=O)O)cc2c1. The van der Waals surface area contributed by atoms with Crippen LogP contribution in [0.2, 0.25) is 0 Å². The number of carbonyl (C=O) groups excluding carboxylic acids is 1. The number of rotatable bonds is 5. The Bertz CT molecular complexity index is 615. The molecular formula is C14H15NO4. The molecule has 0 spiro atoms. The summed E-state index contributed by atoms with van der Waals surface area (Å²) in [7, 11) is 0. The number of aryl methyl sites for hydroxylation is 1. The fourth-order valence-corrected chi connectivity index (χ4v) is 1.80. The molecular weight excluding hydrogens is 246 g/mol. The van der Waals surface area contributed by atoms with Gasteiger partial charge >= 0.3 is 5.97 Å². The van der Waals surface area contributed by atoms with E-state index in [2.05, 4.69) is 5.32 Å². The monoisotopic (exact) mass is 261 g/mol. The van der Waals surface area contributed by atoms with Crippen molar-refractivity contribution in [2.24, 2.45) is 0 Å². The van der Waals surface area contributed by atoms with Crippen LogP contribution >= 0.6 is 0 Å². The molecule has 1 amide bonds. The Balaban J connectivity index is 1.99. The van der Waals surface area contributed by atoms with Gasteiger partial charge in [0.25, 0.3) is 5.91 Å². The molecule has 0 unspecified atom stereocenters. The molecule has 0 bridgehead atoms. The first-order valence-corrected chi connectivity index (χ1v) is 6.06. The summed E-state index contributed by atoms with van der Waals surface area (Å²) in [5, 5.41) is 12.0. The molecule has 0 fully saturated rings. The summed E-state index contributed by atoms with van der Waals surface area (Å²) in [5.41, 5.74) is 1.77. The second-order valence-corrected chi connectivity index (χ2v) is 4.41. The van der Waals surface area contributed by atoms with E-state index in [-0.39, 0.29) is 18.1 Å². The van der Waals surface area contributed by atoms with Crippen LogP contribution in [0.1, 0.15) is 29.0 Å². The Kier molecular flexibility index (Phi) is 3.85. The zero-order valence-corrected chi connectivity index (χ0v) is 10.6. The first kappa shape index (κ1) is 13.1. The maximum absolute atomic E-state index is 11.8. The normalized spacial score (nSPS) is 10.6. The number of hydrogen-bond donors (Lipinski definition) is 2. The van der Waals surface area contributed by atoms with E-state index in [0.717, 1.165) is 10.9 Å². The van der Waals surface area contributed by atoms with Crippen molar-refractivity contribution < 1.29 is 19.1 Å². The van der Waals surface area contributed by atoms with Crippen LogP contribution in [-0.2, 0) is 4.79 Å². The lowest BCUT2D eigenvalue weighted by Crippen LogP contribution is -2.24. The van der Waals surface area contributed by atoms with Crippen molar-refractivity contribution in [1.29, 1.82) is 0 Å². The van der Waals surface area contributed by atoms with Crippen LogP contribution in [0.15, 0.2) is 28.7 Å². The van der Waals surface area contributed by atoms with Gasteiger partial charge in [-0.2, -0.15) is 0 Å². The Labute approximate surface area is 110 Å². The Morgan fingerprint density at radius 1 is 1.32 bits per heavy atom. The summed E-state index contributed by atoms with van der Waals surface area (Å²) < 4.78 is 5.43. The number of amides is 1. The van der Waals surface area contributed by atoms with Crippen LogP contribution in [0.25, 0.3) is 11.0 Å². The molecule has 0 atom stereocenters. The van der Waals surface area contributed by atoms with E-state index < -0.39 is 5.97 Å². The molecule has 1 aromatic heterocycles. The average Bonchev–Trinajstić information content (AvgIpc) is 2.77. The quantitative estimate of drug-likeness (QED) is 0.809. The number of furan rings is 1. The third-order valence-corrected chi connectivity index (χ3v) is 2.75. The van der Waals surface area contributed by atoms with E-state index in [4.69, 9.17) is 9.52 Å². The second kappa shape index (κ2) is 5.56. The zero-order chi connectivity index (χ0) is 13.8. The number of nitrogens with one attached hydrogen (secondary N) is 1. The molecule has 2 aromatic rings. The molecule has 0 saturated carbocycles. The predicted molar refractivity (Wildman–Crippen MR) is 70.2 cm³/mol. The molecule has 0 saturated heterocycles. The topological polar surface area (TPSA) is 79.5 Å². The van der Waals surface area contributed by atoms with Crippen LogP contribution in [0.3, 0.4) is 0 Å². The first-order valence-electron chi connectivity index (χ1n) is 6.06. The lowest BCUT2D eigenvalue weighted by atomic mass is 10.2. The Morgan fingerprint density at radius 2 is 2.11 bits per heavy atom. The van der Waals surface area contributed by atoms with Gasteiger partial charge in [0.1, 0.15) is 5.58 Å². The zero-order valence-electron chi connectivity index (χ0n) is 10.6. The highest BCUT2D eigenvalue weighted by Crippen LogP contribution is 2.20. The highest BCUT2D eigenvalue weighted by molar-refractivity contribution is 5.96. The average molecular weight is 261 g/mol. The highest BCUT2D eigenvalue weighted by Gasteiger charge is 2.11. The van der Waals surface area contributed by atoms with Crippen molar-refractivity contribution in [1.82, 2.24) is 5.32 Å². The summed E-state index contributed by atoms with van der Waals surface area (Å²) >= 11 is 0. The molecule has 1 aromatic carbocycles. The molecule has 2 rings (SSSR count). The molecule has 1 heterocycles. The number of aliphatic carboxylic acids is 1. The summed E-state index contributed by atoms with van der Waals surface area (Å²) in [6, 6.07) is 7.38.